The summed E-state index contributed by atoms with van der Waals surface area (Å²) >= 11 is 6.14. The van der Waals surface area contributed by atoms with Gasteiger partial charge in [-0.05, 0) is 25.5 Å². The van der Waals surface area contributed by atoms with Gasteiger partial charge in [0, 0.05) is 5.39 Å². The summed E-state index contributed by atoms with van der Waals surface area (Å²) in [5.74, 6) is -0.354. The molecule has 3 nitrogen and oxygen atoms in total. The van der Waals surface area contributed by atoms with Gasteiger partial charge in [-0.1, -0.05) is 23.7 Å². The number of fused-ring (bicyclic) bond motifs is 1. The Balaban J connectivity index is 2.52. The number of esters is 1. The molecular weight excluding hydrogens is 226 g/mol. The predicted octanol–water partition coefficient (Wildman–Crippen LogP) is 3.31. The van der Waals surface area contributed by atoms with E-state index in [-0.39, 0.29) is 5.97 Å². The van der Waals surface area contributed by atoms with Crippen molar-refractivity contribution in [1.82, 2.24) is 4.98 Å². The van der Waals surface area contributed by atoms with Gasteiger partial charge in [0.1, 0.15) is 5.69 Å². The molecule has 0 aliphatic carbocycles. The van der Waals surface area contributed by atoms with Crippen LogP contribution in [0.1, 0.15) is 23.0 Å². The smallest absolute Gasteiger partial charge is 0.354 e. The number of rotatable bonds is 2. The second-order valence-corrected chi connectivity index (χ2v) is 3.94. The van der Waals surface area contributed by atoms with Crippen molar-refractivity contribution in [3.8, 4) is 0 Å². The SMILES string of the molecule is CCOC(=O)c1cc2ccc(C)c(Cl)c2[nH]1. The van der Waals surface area contributed by atoms with Crippen molar-refractivity contribution in [3.05, 3.63) is 34.5 Å². The van der Waals surface area contributed by atoms with Gasteiger partial charge in [0.15, 0.2) is 0 Å². The van der Waals surface area contributed by atoms with Crippen LogP contribution in [0.5, 0.6) is 0 Å². The Hall–Kier alpha value is -1.48. The van der Waals surface area contributed by atoms with Gasteiger partial charge in [-0.2, -0.15) is 0 Å². The molecule has 0 unspecified atom stereocenters. The fraction of sp³-hybridized carbons (Fsp3) is 0.250. The van der Waals surface area contributed by atoms with Crippen LogP contribution in [-0.4, -0.2) is 17.6 Å². The Labute approximate surface area is 98.4 Å². The maximum absolute atomic E-state index is 11.5. The number of hydrogen-bond donors (Lipinski definition) is 1. The minimum atomic E-state index is -0.354. The summed E-state index contributed by atoms with van der Waals surface area (Å²) in [7, 11) is 0. The Bertz CT molecular complexity index is 545. The van der Waals surface area contributed by atoms with Crippen molar-refractivity contribution < 1.29 is 9.53 Å². The molecule has 84 valence electrons. The summed E-state index contributed by atoms with van der Waals surface area (Å²) < 4.78 is 4.91. The summed E-state index contributed by atoms with van der Waals surface area (Å²) in [4.78, 5) is 14.5. The molecule has 0 bridgehead atoms. The topological polar surface area (TPSA) is 42.1 Å². The van der Waals surface area contributed by atoms with Gasteiger partial charge < -0.3 is 9.72 Å². The molecule has 0 radical (unpaired) electrons. The lowest BCUT2D eigenvalue weighted by Gasteiger charge is -1.98. The van der Waals surface area contributed by atoms with E-state index in [2.05, 4.69) is 4.98 Å². The number of ether oxygens (including phenoxy) is 1. The first-order valence-corrected chi connectivity index (χ1v) is 5.46. The lowest BCUT2D eigenvalue weighted by Crippen LogP contribution is -2.04. The molecule has 0 aliphatic rings. The van der Waals surface area contributed by atoms with Gasteiger partial charge in [-0.25, -0.2) is 4.79 Å². The van der Waals surface area contributed by atoms with Gasteiger partial charge >= 0.3 is 5.97 Å². The molecule has 0 fully saturated rings. The second-order valence-electron chi connectivity index (χ2n) is 3.56. The van der Waals surface area contributed by atoms with E-state index in [4.69, 9.17) is 16.3 Å². The first kappa shape index (κ1) is 11.0. The van der Waals surface area contributed by atoms with Crippen molar-refractivity contribution in [2.75, 3.05) is 6.61 Å². The summed E-state index contributed by atoms with van der Waals surface area (Å²) in [6, 6.07) is 5.60. The standard InChI is InChI=1S/C12H12ClNO2/c1-3-16-12(15)9-6-8-5-4-7(2)10(13)11(8)14-9/h4-6,14H,3H2,1-2H3. The van der Waals surface area contributed by atoms with E-state index in [1.165, 1.54) is 0 Å². The fourth-order valence-corrected chi connectivity index (χ4v) is 1.81. The third-order valence-corrected chi connectivity index (χ3v) is 2.91. The first-order chi connectivity index (χ1) is 7.63. The van der Waals surface area contributed by atoms with Gasteiger partial charge in [-0.15, -0.1) is 0 Å². The summed E-state index contributed by atoms with van der Waals surface area (Å²) in [5, 5.41) is 1.56. The first-order valence-electron chi connectivity index (χ1n) is 5.08. The molecule has 0 saturated carbocycles. The Morgan fingerprint density at radius 3 is 2.94 bits per heavy atom. The molecule has 1 aromatic heterocycles. The molecule has 4 heteroatoms. The molecule has 0 spiro atoms. The number of carbonyl (C=O) groups is 1. The average Bonchev–Trinajstić information content (AvgIpc) is 2.69. The van der Waals surface area contributed by atoms with Crippen molar-refractivity contribution in [2.45, 2.75) is 13.8 Å². The maximum Gasteiger partial charge on any atom is 0.354 e. The van der Waals surface area contributed by atoms with Crippen LogP contribution in [0.4, 0.5) is 0 Å². The Morgan fingerprint density at radius 2 is 2.25 bits per heavy atom. The van der Waals surface area contributed by atoms with E-state index in [0.717, 1.165) is 16.5 Å². The monoisotopic (exact) mass is 237 g/mol. The van der Waals surface area contributed by atoms with Crippen molar-refractivity contribution in [1.29, 1.82) is 0 Å². The highest BCUT2D eigenvalue weighted by Crippen LogP contribution is 2.27. The predicted molar refractivity (Wildman–Crippen MR) is 64.0 cm³/mol. The second kappa shape index (κ2) is 4.18. The number of nitrogens with one attached hydrogen (secondary N) is 1. The zero-order valence-corrected chi connectivity index (χ0v) is 9.89. The third kappa shape index (κ3) is 1.78. The molecule has 16 heavy (non-hydrogen) atoms. The molecule has 1 N–H and O–H groups in total. The normalized spacial score (nSPS) is 10.7. The number of hydrogen-bond acceptors (Lipinski definition) is 2. The minimum Gasteiger partial charge on any atom is -0.461 e. The van der Waals surface area contributed by atoms with Crippen molar-refractivity contribution >= 4 is 28.5 Å². The Morgan fingerprint density at radius 1 is 1.50 bits per heavy atom. The van der Waals surface area contributed by atoms with E-state index in [0.29, 0.717) is 17.3 Å². The Kier molecular flexibility index (Phi) is 2.88. The molecule has 1 heterocycles. The quantitative estimate of drug-likeness (QED) is 0.815. The van der Waals surface area contributed by atoms with Gasteiger partial charge in [0.25, 0.3) is 0 Å². The number of aromatic amines is 1. The van der Waals surface area contributed by atoms with Crippen LogP contribution < -0.4 is 0 Å². The summed E-state index contributed by atoms with van der Waals surface area (Å²) in [6.07, 6.45) is 0. The summed E-state index contributed by atoms with van der Waals surface area (Å²) in [5.41, 5.74) is 2.19. The molecule has 2 rings (SSSR count). The molecular formula is C12H12ClNO2. The van der Waals surface area contributed by atoms with E-state index in [1.807, 2.05) is 19.1 Å². The van der Waals surface area contributed by atoms with Gasteiger partial charge in [-0.3, -0.25) is 0 Å². The molecule has 0 atom stereocenters. The lowest BCUT2D eigenvalue weighted by molar-refractivity contribution is 0.0520. The maximum atomic E-state index is 11.5. The number of carbonyl (C=O) groups excluding carboxylic acids is 1. The number of aromatic nitrogens is 1. The zero-order chi connectivity index (χ0) is 11.7. The van der Waals surface area contributed by atoms with Crippen LogP contribution >= 0.6 is 11.6 Å². The molecule has 0 aliphatic heterocycles. The van der Waals surface area contributed by atoms with Crippen molar-refractivity contribution in [3.63, 3.8) is 0 Å². The highest BCUT2D eigenvalue weighted by atomic mass is 35.5. The number of benzene rings is 1. The van der Waals surface area contributed by atoms with E-state index >= 15 is 0 Å². The van der Waals surface area contributed by atoms with Crippen LogP contribution in [0.25, 0.3) is 10.9 Å². The summed E-state index contributed by atoms with van der Waals surface area (Å²) in [6.45, 7) is 4.06. The van der Waals surface area contributed by atoms with Crippen LogP contribution in [0, 0.1) is 6.92 Å². The van der Waals surface area contributed by atoms with Gasteiger partial charge in [0.05, 0.1) is 17.1 Å². The van der Waals surface area contributed by atoms with Crippen molar-refractivity contribution in [2.24, 2.45) is 0 Å². The highest BCUT2D eigenvalue weighted by Gasteiger charge is 2.12. The van der Waals surface area contributed by atoms with Crippen LogP contribution in [0.15, 0.2) is 18.2 Å². The molecule has 0 saturated heterocycles. The minimum absolute atomic E-state index is 0.354. The fourth-order valence-electron chi connectivity index (χ4n) is 1.59. The molecule has 0 amide bonds. The number of halogens is 1. The van der Waals surface area contributed by atoms with E-state index in [1.54, 1.807) is 13.0 Å². The molecule has 2 aromatic rings. The van der Waals surface area contributed by atoms with Crippen LogP contribution in [0.2, 0.25) is 5.02 Å². The molecule has 1 aromatic carbocycles. The van der Waals surface area contributed by atoms with E-state index < -0.39 is 0 Å². The highest BCUT2D eigenvalue weighted by molar-refractivity contribution is 6.36. The van der Waals surface area contributed by atoms with Crippen LogP contribution in [0.3, 0.4) is 0 Å². The number of H-pyrrole nitrogens is 1. The third-order valence-electron chi connectivity index (χ3n) is 2.42. The zero-order valence-electron chi connectivity index (χ0n) is 9.13. The number of aryl methyl sites for hydroxylation is 1. The van der Waals surface area contributed by atoms with Gasteiger partial charge in [0.2, 0.25) is 0 Å². The largest absolute Gasteiger partial charge is 0.461 e. The lowest BCUT2D eigenvalue weighted by atomic mass is 10.2. The average molecular weight is 238 g/mol. The van der Waals surface area contributed by atoms with Crippen LogP contribution in [-0.2, 0) is 4.74 Å². The van der Waals surface area contributed by atoms with E-state index in [9.17, 15) is 4.79 Å².